The summed E-state index contributed by atoms with van der Waals surface area (Å²) in [6.07, 6.45) is 0.601. The number of nitrogens with zero attached hydrogens (tertiary/aromatic N) is 4. The molecule has 2 heterocycles. The maximum atomic E-state index is 13.4. The van der Waals surface area contributed by atoms with Gasteiger partial charge in [-0.05, 0) is 31.4 Å². The highest BCUT2D eigenvalue weighted by Crippen LogP contribution is 2.26. The highest BCUT2D eigenvalue weighted by Gasteiger charge is 2.29. The van der Waals surface area contributed by atoms with Crippen molar-refractivity contribution in [3.8, 4) is 22.9 Å². The molecule has 41 heavy (non-hydrogen) atoms. The van der Waals surface area contributed by atoms with Crippen LogP contribution in [0, 0.1) is 5.92 Å². The number of nitrogens with one attached hydrogen (secondary N) is 2. The summed E-state index contributed by atoms with van der Waals surface area (Å²) in [5, 5.41) is 10.6. The van der Waals surface area contributed by atoms with E-state index >= 15 is 0 Å². The Balaban J connectivity index is 1.63. The summed E-state index contributed by atoms with van der Waals surface area (Å²) in [6, 6.07) is 15.6. The summed E-state index contributed by atoms with van der Waals surface area (Å²) in [7, 11) is 1.54. The maximum absolute atomic E-state index is 13.4. The fraction of sp³-hybridized carbons (Fsp3) is 0.433. The van der Waals surface area contributed by atoms with E-state index in [2.05, 4.69) is 10.6 Å². The van der Waals surface area contributed by atoms with Gasteiger partial charge in [-0.3, -0.25) is 14.4 Å². The summed E-state index contributed by atoms with van der Waals surface area (Å²) in [5.41, 5.74) is 0.845. The molecule has 2 atom stereocenters. The minimum absolute atomic E-state index is 0.0201. The summed E-state index contributed by atoms with van der Waals surface area (Å²) in [4.78, 5) is 45.5. The van der Waals surface area contributed by atoms with E-state index in [1.807, 2.05) is 56.3 Å². The smallest absolute Gasteiger partial charge is 0.260 e. The zero-order valence-electron chi connectivity index (χ0n) is 24.0. The third-order valence-corrected chi connectivity index (χ3v) is 6.93. The van der Waals surface area contributed by atoms with Gasteiger partial charge >= 0.3 is 0 Å². The third kappa shape index (κ3) is 7.62. The Morgan fingerprint density at radius 2 is 1.71 bits per heavy atom. The standard InChI is InChI=1S/C30H38N6O5/c1-20(2)27-29-33-28(22-11-6-5-7-12-22)34-36(29)18-17-35(16-10-15-25(37)31-21(3)30(39)32-27)26(38)19-41-24-14-9-8-13-23(24)40-4/h5-9,11-14,20-21,27H,10,15-19H2,1-4H3,(H,31,37)(H,32,39)/t21-,27+/m1/s1. The lowest BCUT2D eigenvalue weighted by Crippen LogP contribution is -2.47. The Morgan fingerprint density at radius 1 is 1.00 bits per heavy atom. The number of benzene rings is 2. The first-order valence-electron chi connectivity index (χ1n) is 13.9. The normalized spacial score (nSPS) is 18.6. The van der Waals surface area contributed by atoms with E-state index in [4.69, 9.17) is 19.6 Å². The van der Waals surface area contributed by atoms with Crippen molar-refractivity contribution in [3.05, 3.63) is 60.4 Å². The molecule has 2 N–H and O–H groups in total. The SMILES string of the molecule is COc1ccccc1OCC(=O)N1CCCC(=O)N[C@H](C)C(=O)N[C@@H](C(C)C)c2nc(-c3ccccc3)nn2CC1. The number of ether oxygens (including phenoxy) is 2. The Kier molecular flexibility index (Phi) is 9.94. The van der Waals surface area contributed by atoms with Crippen LogP contribution in [0.25, 0.3) is 11.4 Å². The molecule has 11 nitrogen and oxygen atoms in total. The zero-order valence-corrected chi connectivity index (χ0v) is 24.0. The van der Waals surface area contributed by atoms with Crippen molar-refractivity contribution in [2.45, 2.75) is 52.2 Å². The summed E-state index contributed by atoms with van der Waals surface area (Å²) in [5.74, 6) is 1.33. The van der Waals surface area contributed by atoms with Crippen LogP contribution < -0.4 is 20.1 Å². The number of hydrogen-bond donors (Lipinski definition) is 2. The van der Waals surface area contributed by atoms with Crippen LogP contribution in [0.15, 0.2) is 54.6 Å². The molecule has 3 amide bonds. The topological polar surface area (TPSA) is 128 Å². The van der Waals surface area contributed by atoms with Crippen LogP contribution in [-0.4, -0.2) is 70.2 Å². The van der Waals surface area contributed by atoms with Crippen LogP contribution in [0.3, 0.4) is 0 Å². The second-order valence-corrected chi connectivity index (χ2v) is 10.3. The molecule has 0 aliphatic carbocycles. The Bertz CT molecular complexity index is 1340. The van der Waals surface area contributed by atoms with Gasteiger partial charge in [0, 0.05) is 25.1 Å². The minimum Gasteiger partial charge on any atom is -0.493 e. The Morgan fingerprint density at radius 3 is 2.41 bits per heavy atom. The van der Waals surface area contributed by atoms with E-state index in [0.717, 1.165) is 5.56 Å². The lowest BCUT2D eigenvalue weighted by Gasteiger charge is -2.27. The lowest BCUT2D eigenvalue weighted by atomic mass is 10.0. The summed E-state index contributed by atoms with van der Waals surface area (Å²) in [6.45, 7) is 6.44. The van der Waals surface area contributed by atoms with Crippen molar-refractivity contribution in [2.75, 3.05) is 26.8 Å². The van der Waals surface area contributed by atoms with Crippen molar-refractivity contribution in [2.24, 2.45) is 5.92 Å². The number of hydrogen-bond acceptors (Lipinski definition) is 7. The summed E-state index contributed by atoms with van der Waals surface area (Å²) < 4.78 is 12.9. The summed E-state index contributed by atoms with van der Waals surface area (Å²) >= 11 is 0. The van der Waals surface area contributed by atoms with Gasteiger partial charge in [-0.15, -0.1) is 0 Å². The number of carbonyl (C=O) groups is 3. The molecule has 0 unspecified atom stereocenters. The average Bonchev–Trinajstić information content (AvgIpc) is 3.39. The number of para-hydroxylation sites is 2. The Hall–Kier alpha value is -4.41. The van der Waals surface area contributed by atoms with Gasteiger partial charge in [0.25, 0.3) is 5.91 Å². The molecule has 0 spiro atoms. The lowest BCUT2D eigenvalue weighted by molar-refractivity contribution is -0.134. The van der Waals surface area contributed by atoms with Gasteiger partial charge in [-0.2, -0.15) is 5.10 Å². The van der Waals surface area contributed by atoms with Crippen LogP contribution in [0.4, 0.5) is 0 Å². The second kappa shape index (κ2) is 13.8. The molecule has 0 bridgehead atoms. The molecule has 0 radical (unpaired) electrons. The maximum Gasteiger partial charge on any atom is 0.260 e. The van der Waals surface area contributed by atoms with E-state index in [0.29, 0.717) is 49.2 Å². The van der Waals surface area contributed by atoms with Gasteiger partial charge in [-0.25, -0.2) is 9.67 Å². The van der Waals surface area contributed by atoms with Gasteiger partial charge in [0.15, 0.2) is 29.8 Å². The van der Waals surface area contributed by atoms with Crippen LogP contribution in [0.5, 0.6) is 11.5 Å². The van der Waals surface area contributed by atoms with Crippen molar-refractivity contribution >= 4 is 17.7 Å². The zero-order chi connectivity index (χ0) is 29.4. The van der Waals surface area contributed by atoms with Gasteiger partial charge in [0.2, 0.25) is 11.8 Å². The molecule has 0 fully saturated rings. The van der Waals surface area contributed by atoms with E-state index in [9.17, 15) is 14.4 Å². The number of methoxy groups -OCH3 is 1. The molecular weight excluding hydrogens is 524 g/mol. The molecule has 0 saturated carbocycles. The molecule has 218 valence electrons. The molecule has 2 aromatic carbocycles. The number of fused-ring (bicyclic) bond motifs is 1. The minimum atomic E-state index is -0.733. The second-order valence-electron chi connectivity index (χ2n) is 10.3. The number of carbonyl (C=O) groups excluding carboxylic acids is 3. The van der Waals surface area contributed by atoms with Gasteiger partial charge in [-0.1, -0.05) is 56.3 Å². The molecule has 4 rings (SSSR count). The van der Waals surface area contributed by atoms with E-state index in [1.165, 1.54) is 0 Å². The predicted octanol–water partition coefficient (Wildman–Crippen LogP) is 2.97. The van der Waals surface area contributed by atoms with Crippen LogP contribution in [-0.2, 0) is 20.9 Å². The monoisotopic (exact) mass is 562 g/mol. The van der Waals surface area contributed by atoms with E-state index < -0.39 is 12.1 Å². The highest BCUT2D eigenvalue weighted by atomic mass is 16.5. The van der Waals surface area contributed by atoms with Gasteiger partial charge in [0.1, 0.15) is 6.04 Å². The predicted molar refractivity (Wildman–Crippen MR) is 153 cm³/mol. The average molecular weight is 563 g/mol. The van der Waals surface area contributed by atoms with Gasteiger partial charge < -0.3 is 25.0 Å². The molecular formula is C30H38N6O5. The molecule has 0 saturated heterocycles. The number of amides is 3. The van der Waals surface area contributed by atoms with Crippen LogP contribution in [0.2, 0.25) is 0 Å². The van der Waals surface area contributed by atoms with Crippen molar-refractivity contribution in [3.63, 3.8) is 0 Å². The highest BCUT2D eigenvalue weighted by molar-refractivity contribution is 5.87. The fourth-order valence-electron chi connectivity index (χ4n) is 4.62. The molecule has 3 aromatic rings. The third-order valence-electron chi connectivity index (χ3n) is 6.93. The molecule has 1 aliphatic rings. The van der Waals surface area contributed by atoms with Crippen molar-refractivity contribution in [1.82, 2.24) is 30.3 Å². The van der Waals surface area contributed by atoms with E-state index in [-0.39, 0.29) is 36.7 Å². The molecule has 1 aromatic heterocycles. The Labute approximate surface area is 240 Å². The number of aromatic nitrogens is 3. The molecule has 11 heteroatoms. The van der Waals surface area contributed by atoms with Crippen LogP contribution >= 0.6 is 0 Å². The fourth-order valence-corrected chi connectivity index (χ4v) is 4.62. The van der Waals surface area contributed by atoms with Crippen LogP contribution in [0.1, 0.15) is 45.5 Å². The first kappa shape index (κ1) is 29.6. The largest absolute Gasteiger partial charge is 0.493 e. The first-order chi connectivity index (χ1) is 19.8. The number of rotatable bonds is 6. The first-order valence-corrected chi connectivity index (χ1v) is 13.9. The van der Waals surface area contributed by atoms with E-state index in [1.54, 1.807) is 35.7 Å². The quantitative estimate of drug-likeness (QED) is 0.473. The van der Waals surface area contributed by atoms with Crippen molar-refractivity contribution in [1.29, 1.82) is 0 Å². The van der Waals surface area contributed by atoms with Crippen molar-refractivity contribution < 1.29 is 23.9 Å². The molecule has 1 aliphatic heterocycles. The van der Waals surface area contributed by atoms with Gasteiger partial charge in [0.05, 0.1) is 19.7 Å².